The van der Waals surface area contributed by atoms with E-state index >= 15 is 0 Å². The quantitative estimate of drug-likeness (QED) is 0.699. The van der Waals surface area contributed by atoms with Crippen LogP contribution in [0, 0.1) is 0 Å². The molecule has 3 aromatic rings. The first-order valence-corrected chi connectivity index (χ1v) is 9.36. The smallest absolute Gasteiger partial charge is 0.232 e. The van der Waals surface area contributed by atoms with E-state index in [2.05, 4.69) is 42.1 Å². The SMILES string of the molecule is CCCNc1nc(Nc2ccncn2)nc2c1ncn2C1CCCCC1. The summed E-state index contributed by atoms with van der Waals surface area (Å²) < 4.78 is 2.22. The number of rotatable bonds is 6. The minimum absolute atomic E-state index is 0.467. The average Bonchev–Trinajstić information content (AvgIpc) is 3.12. The average molecular weight is 352 g/mol. The standard InChI is InChI=1S/C18H24N8/c1-2-9-20-16-15-17(26(12-22-15)13-6-4-3-5-7-13)25-18(24-16)23-14-8-10-19-11-21-14/h8,10-13H,2-7,9H2,1H3,(H2,19,20,21,23,24,25). The minimum Gasteiger partial charge on any atom is -0.368 e. The monoisotopic (exact) mass is 352 g/mol. The molecule has 4 rings (SSSR count). The molecule has 2 N–H and O–H groups in total. The van der Waals surface area contributed by atoms with E-state index in [1.54, 1.807) is 12.3 Å². The van der Waals surface area contributed by atoms with Gasteiger partial charge in [-0.05, 0) is 25.3 Å². The molecule has 3 aromatic heterocycles. The Balaban J connectivity index is 1.73. The van der Waals surface area contributed by atoms with E-state index in [1.807, 2.05) is 6.33 Å². The Kier molecular flexibility index (Phi) is 4.90. The van der Waals surface area contributed by atoms with Gasteiger partial charge in [0.1, 0.15) is 12.1 Å². The molecule has 26 heavy (non-hydrogen) atoms. The third kappa shape index (κ3) is 3.44. The van der Waals surface area contributed by atoms with Crippen molar-refractivity contribution in [2.24, 2.45) is 0 Å². The Morgan fingerprint density at radius 3 is 2.81 bits per heavy atom. The number of hydrogen-bond acceptors (Lipinski definition) is 7. The first-order valence-electron chi connectivity index (χ1n) is 9.36. The largest absolute Gasteiger partial charge is 0.368 e. The van der Waals surface area contributed by atoms with E-state index in [1.165, 1.54) is 38.4 Å². The minimum atomic E-state index is 0.467. The van der Waals surface area contributed by atoms with Crippen molar-refractivity contribution in [1.82, 2.24) is 29.5 Å². The van der Waals surface area contributed by atoms with E-state index in [0.717, 1.165) is 29.9 Å². The van der Waals surface area contributed by atoms with Crippen molar-refractivity contribution in [3.05, 3.63) is 24.9 Å². The Bertz CT molecular complexity index is 854. The molecule has 8 heteroatoms. The van der Waals surface area contributed by atoms with E-state index in [4.69, 9.17) is 4.98 Å². The summed E-state index contributed by atoms with van der Waals surface area (Å²) in [5.41, 5.74) is 1.71. The van der Waals surface area contributed by atoms with Crippen molar-refractivity contribution in [2.75, 3.05) is 17.2 Å². The normalized spacial score (nSPS) is 15.3. The summed E-state index contributed by atoms with van der Waals surface area (Å²) in [6.07, 6.45) is 12.3. The highest BCUT2D eigenvalue weighted by atomic mass is 15.2. The molecule has 0 aliphatic heterocycles. The second-order valence-electron chi connectivity index (χ2n) is 6.66. The Hall–Kier alpha value is -2.77. The van der Waals surface area contributed by atoms with Crippen molar-refractivity contribution in [2.45, 2.75) is 51.5 Å². The van der Waals surface area contributed by atoms with Crippen LogP contribution in [0.15, 0.2) is 24.9 Å². The second kappa shape index (κ2) is 7.63. The third-order valence-corrected chi connectivity index (χ3v) is 4.75. The number of hydrogen-bond donors (Lipinski definition) is 2. The molecule has 1 saturated carbocycles. The zero-order valence-corrected chi connectivity index (χ0v) is 15.0. The van der Waals surface area contributed by atoms with Crippen LogP contribution in [0.3, 0.4) is 0 Å². The van der Waals surface area contributed by atoms with Crippen molar-refractivity contribution in [1.29, 1.82) is 0 Å². The molecule has 3 heterocycles. The summed E-state index contributed by atoms with van der Waals surface area (Å²) in [5, 5.41) is 6.56. The van der Waals surface area contributed by atoms with Crippen LogP contribution in [0.2, 0.25) is 0 Å². The summed E-state index contributed by atoms with van der Waals surface area (Å²) in [6, 6.07) is 2.26. The Labute approximate surface area is 152 Å². The lowest BCUT2D eigenvalue weighted by atomic mass is 9.95. The highest BCUT2D eigenvalue weighted by Gasteiger charge is 2.20. The van der Waals surface area contributed by atoms with Gasteiger partial charge in [0.15, 0.2) is 17.0 Å². The predicted octanol–water partition coefficient (Wildman–Crippen LogP) is 3.69. The van der Waals surface area contributed by atoms with Crippen molar-refractivity contribution in [3.8, 4) is 0 Å². The molecule has 8 nitrogen and oxygen atoms in total. The summed E-state index contributed by atoms with van der Waals surface area (Å²) in [7, 11) is 0. The zero-order valence-electron chi connectivity index (χ0n) is 15.0. The van der Waals surface area contributed by atoms with E-state index < -0.39 is 0 Å². The van der Waals surface area contributed by atoms with Gasteiger partial charge in [-0.2, -0.15) is 9.97 Å². The molecule has 136 valence electrons. The number of nitrogens with zero attached hydrogens (tertiary/aromatic N) is 6. The highest BCUT2D eigenvalue weighted by molar-refractivity contribution is 5.84. The van der Waals surface area contributed by atoms with Gasteiger partial charge in [0.25, 0.3) is 0 Å². The maximum atomic E-state index is 4.75. The molecule has 1 aliphatic rings. The molecule has 0 atom stereocenters. The van der Waals surface area contributed by atoms with Gasteiger partial charge in [0.2, 0.25) is 5.95 Å². The van der Waals surface area contributed by atoms with E-state index in [9.17, 15) is 0 Å². The molecule has 0 saturated heterocycles. The summed E-state index contributed by atoms with van der Waals surface area (Å²) in [6.45, 7) is 2.97. The topological polar surface area (TPSA) is 93.4 Å². The number of anilines is 3. The van der Waals surface area contributed by atoms with Crippen LogP contribution in [0.5, 0.6) is 0 Å². The molecular formula is C18H24N8. The molecule has 0 amide bonds. The summed E-state index contributed by atoms with van der Waals surface area (Å²) >= 11 is 0. The molecule has 1 aliphatic carbocycles. The second-order valence-corrected chi connectivity index (χ2v) is 6.66. The molecule has 0 radical (unpaired) electrons. The first-order chi connectivity index (χ1) is 12.8. The summed E-state index contributed by atoms with van der Waals surface area (Å²) in [5.74, 6) is 1.96. The fraction of sp³-hybridized carbons (Fsp3) is 0.500. The van der Waals surface area contributed by atoms with Crippen LogP contribution in [-0.2, 0) is 0 Å². The molecule has 0 spiro atoms. The van der Waals surface area contributed by atoms with Crippen LogP contribution < -0.4 is 10.6 Å². The third-order valence-electron chi connectivity index (χ3n) is 4.75. The van der Waals surface area contributed by atoms with Crippen LogP contribution in [-0.4, -0.2) is 36.0 Å². The fourth-order valence-electron chi connectivity index (χ4n) is 3.44. The fourth-order valence-corrected chi connectivity index (χ4v) is 3.44. The Morgan fingerprint density at radius 2 is 2.04 bits per heavy atom. The predicted molar refractivity (Wildman–Crippen MR) is 102 cm³/mol. The maximum Gasteiger partial charge on any atom is 0.232 e. The lowest BCUT2D eigenvalue weighted by molar-refractivity contribution is 0.358. The van der Waals surface area contributed by atoms with Gasteiger partial charge in [-0.25, -0.2) is 15.0 Å². The maximum absolute atomic E-state index is 4.75. The van der Waals surface area contributed by atoms with Gasteiger partial charge in [-0.3, -0.25) is 0 Å². The van der Waals surface area contributed by atoms with E-state index in [-0.39, 0.29) is 0 Å². The van der Waals surface area contributed by atoms with Crippen LogP contribution in [0.4, 0.5) is 17.6 Å². The van der Waals surface area contributed by atoms with E-state index in [0.29, 0.717) is 17.8 Å². The number of aromatic nitrogens is 6. The molecule has 0 bridgehead atoms. The zero-order chi connectivity index (χ0) is 17.8. The molecule has 0 aromatic carbocycles. The first kappa shape index (κ1) is 16.7. The van der Waals surface area contributed by atoms with Gasteiger partial charge in [-0.1, -0.05) is 26.2 Å². The van der Waals surface area contributed by atoms with Crippen LogP contribution >= 0.6 is 0 Å². The molecular weight excluding hydrogens is 328 g/mol. The highest BCUT2D eigenvalue weighted by Crippen LogP contribution is 2.32. The Morgan fingerprint density at radius 1 is 1.15 bits per heavy atom. The molecule has 0 unspecified atom stereocenters. The molecule has 1 fully saturated rings. The number of nitrogens with one attached hydrogen (secondary N) is 2. The van der Waals surface area contributed by atoms with Gasteiger partial charge < -0.3 is 15.2 Å². The lowest BCUT2D eigenvalue weighted by Crippen LogP contribution is -2.13. The lowest BCUT2D eigenvalue weighted by Gasteiger charge is -2.23. The van der Waals surface area contributed by atoms with Crippen LogP contribution in [0.25, 0.3) is 11.2 Å². The van der Waals surface area contributed by atoms with Gasteiger partial charge >= 0.3 is 0 Å². The van der Waals surface area contributed by atoms with Gasteiger partial charge in [0.05, 0.1) is 6.33 Å². The van der Waals surface area contributed by atoms with Crippen LogP contribution in [0.1, 0.15) is 51.5 Å². The van der Waals surface area contributed by atoms with Crippen molar-refractivity contribution in [3.63, 3.8) is 0 Å². The number of imidazole rings is 1. The number of fused-ring (bicyclic) bond motifs is 1. The van der Waals surface area contributed by atoms with Gasteiger partial charge in [-0.15, -0.1) is 0 Å². The van der Waals surface area contributed by atoms with Gasteiger partial charge in [0, 0.05) is 18.8 Å². The van der Waals surface area contributed by atoms with Crippen molar-refractivity contribution < 1.29 is 0 Å². The summed E-state index contributed by atoms with van der Waals surface area (Å²) in [4.78, 5) is 22.1. The van der Waals surface area contributed by atoms with Crippen molar-refractivity contribution >= 4 is 28.7 Å².